The van der Waals surface area contributed by atoms with Gasteiger partial charge in [0.15, 0.2) is 0 Å². The summed E-state index contributed by atoms with van der Waals surface area (Å²) in [7, 11) is 7.86. The van der Waals surface area contributed by atoms with E-state index in [0.29, 0.717) is 37.4 Å². The smallest absolute Gasteiger partial charge is 0.317 e. The van der Waals surface area contributed by atoms with Gasteiger partial charge in [0, 0.05) is 70.8 Å². The van der Waals surface area contributed by atoms with Gasteiger partial charge < -0.3 is 5.73 Å². The van der Waals surface area contributed by atoms with Crippen molar-refractivity contribution in [2.75, 3.05) is 11.5 Å². The summed E-state index contributed by atoms with van der Waals surface area (Å²) in [5, 5.41) is 1.17. The van der Waals surface area contributed by atoms with E-state index in [-0.39, 0.29) is 16.0 Å². The maximum absolute atomic E-state index is 11.3. The van der Waals surface area contributed by atoms with Gasteiger partial charge in [0.05, 0.1) is 6.54 Å². The van der Waals surface area contributed by atoms with Gasteiger partial charge in [-0.1, -0.05) is 57.4 Å². The zero-order valence-electron chi connectivity index (χ0n) is 20.5. The molecular weight excluding hydrogens is 908 g/mol. The van der Waals surface area contributed by atoms with Crippen molar-refractivity contribution < 1.29 is 18.0 Å². The molecule has 1 aromatic heterocycles. The highest BCUT2D eigenvalue weighted by Crippen LogP contribution is 2.23. The van der Waals surface area contributed by atoms with Crippen LogP contribution in [0.3, 0.4) is 0 Å². The highest BCUT2D eigenvalue weighted by Gasteiger charge is 2.00. The lowest BCUT2D eigenvalue weighted by Crippen LogP contribution is -2.12. The van der Waals surface area contributed by atoms with Crippen molar-refractivity contribution in [1.82, 2.24) is 3.96 Å². The van der Waals surface area contributed by atoms with Gasteiger partial charge in [0.2, 0.25) is 10.5 Å². The van der Waals surface area contributed by atoms with E-state index in [1.54, 1.807) is 10.0 Å². The molecule has 0 saturated carbocycles. The fourth-order valence-electron chi connectivity index (χ4n) is 2.24. The van der Waals surface area contributed by atoms with Crippen LogP contribution in [0.4, 0.5) is 0 Å². The maximum Gasteiger partial charge on any atom is 0.317 e. The van der Waals surface area contributed by atoms with Crippen LogP contribution in [0.5, 0.6) is 0 Å². The van der Waals surface area contributed by atoms with Crippen molar-refractivity contribution in [3.63, 3.8) is 0 Å². The Morgan fingerprint density at radius 3 is 1.68 bits per heavy atom. The first-order chi connectivity index (χ1) is 18.7. The number of nitrogens with two attached hydrogens (primary N) is 1. The van der Waals surface area contributed by atoms with Gasteiger partial charge in [0.1, 0.15) is 0 Å². The third-order valence-corrected chi connectivity index (χ3v) is 8.78. The number of halogens is 6. The lowest BCUT2D eigenvalue weighted by Gasteiger charge is -2.01. The molecule has 0 atom stereocenters. The molecule has 0 aliphatic rings. The van der Waals surface area contributed by atoms with E-state index in [4.69, 9.17) is 37.4 Å². The predicted molar refractivity (Wildman–Crippen MR) is 190 cm³/mol. The van der Waals surface area contributed by atoms with Crippen LogP contribution in [0.1, 0.15) is 24.0 Å². The number of aromatic nitrogens is 1. The molecule has 0 fully saturated rings. The van der Waals surface area contributed by atoms with Gasteiger partial charge in [-0.25, -0.2) is 0 Å². The number of benzene rings is 2. The molecule has 0 spiro atoms. The van der Waals surface area contributed by atoms with Crippen LogP contribution < -0.4 is 11.3 Å². The SMILES string of the molecule is NCc1cccc(I)c1.O=C(Cl)CCSSCCC(=O)Cl.O=S(=O)(Cl)Cl.O=c1ccsn1Cc1cccc(I)c1. The van der Waals surface area contributed by atoms with Crippen molar-refractivity contribution in [3.8, 4) is 0 Å². The zero-order valence-corrected chi connectivity index (χ0v) is 31.1. The van der Waals surface area contributed by atoms with Gasteiger partial charge in [-0.3, -0.25) is 18.3 Å². The Labute approximate surface area is 292 Å². The first-order valence-corrected chi connectivity index (χ1v) is 20.2. The van der Waals surface area contributed by atoms with Crippen molar-refractivity contribution in [2.24, 2.45) is 5.73 Å². The molecule has 222 valence electrons. The van der Waals surface area contributed by atoms with E-state index in [2.05, 4.69) is 84.7 Å². The molecule has 0 bridgehead atoms. The number of nitrogens with zero attached hydrogens (tertiary/aromatic N) is 1. The Balaban J connectivity index is 0.000000536. The average molecular weight is 932 g/mol. The molecular formula is C23H24Cl4I2N2O5S4. The van der Waals surface area contributed by atoms with Crippen LogP contribution in [-0.2, 0) is 30.9 Å². The van der Waals surface area contributed by atoms with Crippen LogP contribution in [0.25, 0.3) is 0 Å². The normalized spacial score (nSPS) is 10.2. The highest BCUT2D eigenvalue weighted by molar-refractivity contribution is 14.1. The molecule has 0 aliphatic heterocycles. The fourth-order valence-corrected chi connectivity index (χ4v) is 6.56. The fraction of sp³-hybridized carbons (Fsp3) is 0.261. The molecule has 2 N–H and O–H groups in total. The van der Waals surface area contributed by atoms with Gasteiger partial charge in [-0.15, -0.1) is 0 Å². The molecule has 1 heterocycles. The molecule has 3 rings (SSSR count). The number of carbonyl (C=O) groups excluding carboxylic acids is 2. The van der Waals surface area contributed by atoms with Crippen LogP contribution in [0, 0.1) is 7.14 Å². The van der Waals surface area contributed by atoms with E-state index >= 15 is 0 Å². The largest absolute Gasteiger partial charge is 0.326 e. The van der Waals surface area contributed by atoms with Gasteiger partial charge >= 0.3 is 8.26 Å². The van der Waals surface area contributed by atoms with Crippen molar-refractivity contribution in [1.29, 1.82) is 0 Å². The Hall–Kier alpha value is 0.440. The second kappa shape index (κ2) is 23.8. The molecule has 40 heavy (non-hydrogen) atoms. The summed E-state index contributed by atoms with van der Waals surface area (Å²) in [6.45, 7) is 1.31. The van der Waals surface area contributed by atoms with E-state index in [1.807, 2.05) is 35.7 Å². The molecule has 2 aromatic carbocycles. The Morgan fingerprint density at radius 1 is 0.875 bits per heavy atom. The van der Waals surface area contributed by atoms with Crippen molar-refractivity contribution in [3.05, 3.63) is 88.6 Å². The van der Waals surface area contributed by atoms with Gasteiger partial charge in [-0.05, 0) is 104 Å². The average Bonchev–Trinajstić information content (AvgIpc) is 3.25. The highest BCUT2D eigenvalue weighted by atomic mass is 127. The third kappa shape index (κ3) is 26.1. The first-order valence-electron chi connectivity index (χ1n) is 10.8. The molecule has 3 aromatic rings. The minimum atomic E-state index is -3.72. The summed E-state index contributed by atoms with van der Waals surface area (Å²) >= 11 is 16.2. The second-order valence-corrected chi connectivity index (χ2v) is 17.6. The van der Waals surface area contributed by atoms with Gasteiger partial charge in [0.25, 0.3) is 5.56 Å². The third-order valence-electron chi connectivity index (χ3n) is 3.83. The summed E-state index contributed by atoms with van der Waals surface area (Å²) in [6.07, 6.45) is 0.738. The van der Waals surface area contributed by atoms with Crippen LogP contribution in [0.2, 0.25) is 0 Å². The van der Waals surface area contributed by atoms with E-state index < -0.39 is 8.26 Å². The first kappa shape index (κ1) is 40.4. The minimum Gasteiger partial charge on any atom is -0.326 e. The summed E-state index contributed by atoms with van der Waals surface area (Å²) < 4.78 is 22.5. The summed E-state index contributed by atoms with van der Waals surface area (Å²) in [5.41, 5.74) is 7.86. The van der Waals surface area contributed by atoms with E-state index in [9.17, 15) is 14.4 Å². The topological polar surface area (TPSA) is 116 Å². The molecule has 0 saturated heterocycles. The lowest BCUT2D eigenvalue weighted by molar-refractivity contribution is -0.112. The van der Waals surface area contributed by atoms with Crippen molar-refractivity contribution >= 4 is 142 Å². The lowest BCUT2D eigenvalue weighted by atomic mass is 10.2. The number of rotatable bonds is 10. The Morgan fingerprint density at radius 2 is 1.32 bits per heavy atom. The maximum atomic E-state index is 11.3. The monoisotopic (exact) mass is 930 g/mol. The van der Waals surface area contributed by atoms with Crippen LogP contribution in [-0.4, -0.2) is 34.4 Å². The molecule has 0 unspecified atom stereocenters. The second-order valence-electron chi connectivity index (χ2n) is 6.98. The Kier molecular flexibility index (Phi) is 24.1. The zero-order chi connectivity index (χ0) is 30.6. The summed E-state index contributed by atoms with van der Waals surface area (Å²) in [6, 6.07) is 18.0. The Bertz CT molecular complexity index is 1320. The van der Waals surface area contributed by atoms with Crippen molar-refractivity contribution in [2.45, 2.75) is 25.9 Å². The molecule has 0 aliphatic carbocycles. The molecule has 7 nitrogen and oxygen atoms in total. The standard InChI is InChI=1S/C10H8INOS.C7H8IN.C6H8Cl2O2S2.Cl2O2S/c11-9-3-1-2-8(6-9)7-12-10(13)4-5-14-12;8-7-3-1-2-6(4-7)5-9;7-5(9)1-3-11-12-4-2-6(8)10;1-5(2,3)4/h1-6H,7H2;1-4H,5,9H2;1-4H2;. The minimum absolute atomic E-state index is 0.0776. The summed E-state index contributed by atoms with van der Waals surface area (Å²) in [5.74, 6) is 1.37. The number of carbonyl (C=O) groups is 2. The summed E-state index contributed by atoms with van der Waals surface area (Å²) in [4.78, 5) is 31.8. The molecule has 17 heteroatoms. The quantitative estimate of drug-likeness (QED) is 0.0953. The van der Waals surface area contributed by atoms with E-state index in [1.165, 1.54) is 51.4 Å². The van der Waals surface area contributed by atoms with Gasteiger partial charge in [-0.2, -0.15) is 8.42 Å². The molecule has 0 amide bonds. The van der Waals surface area contributed by atoms with Crippen LogP contribution in [0.15, 0.2) is 64.8 Å². The van der Waals surface area contributed by atoms with E-state index in [0.717, 1.165) is 0 Å². The molecule has 0 radical (unpaired) electrons. The van der Waals surface area contributed by atoms with Crippen LogP contribution >= 0.6 is 123 Å². The predicted octanol–water partition coefficient (Wildman–Crippen LogP) is 7.70. The number of hydrogen-bond donors (Lipinski definition) is 1. The number of hydrogen-bond acceptors (Lipinski definition) is 9.